The molecule has 0 amide bonds. The molecule has 0 aromatic rings. The van der Waals surface area contributed by atoms with Gasteiger partial charge in [-0.3, -0.25) is 8.42 Å². The summed E-state index contributed by atoms with van der Waals surface area (Å²) in [5, 5.41) is 0. The van der Waals surface area contributed by atoms with E-state index in [0.29, 0.717) is 0 Å². The van der Waals surface area contributed by atoms with Crippen LogP contribution in [-0.2, 0) is 44.5 Å². The summed E-state index contributed by atoms with van der Waals surface area (Å²) in [5.41, 5.74) is 0. The Morgan fingerprint density at radius 2 is 1.14 bits per heavy atom. The van der Waals surface area contributed by atoms with Crippen LogP contribution in [0.25, 0.3) is 0 Å². The third-order valence-corrected chi connectivity index (χ3v) is 0. The quantitative estimate of drug-likeness (QED) is 0.289. The van der Waals surface area contributed by atoms with E-state index in [1.54, 1.807) is 0 Å². The van der Waals surface area contributed by atoms with Crippen molar-refractivity contribution in [3.63, 3.8) is 0 Å². The van der Waals surface area contributed by atoms with E-state index < -0.39 is 10.4 Å². The van der Waals surface area contributed by atoms with Gasteiger partial charge in [-0.2, -0.15) is 0 Å². The Labute approximate surface area is 62.2 Å². The smallest absolute Gasteiger partial charge is 0.759 e. The Morgan fingerprint density at radius 1 is 1.14 bits per heavy atom. The van der Waals surface area contributed by atoms with Gasteiger partial charge >= 0.3 is 34.1 Å². The van der Waals surface area contributed by atoms with Crippen LogP contribution in [-0.4, -0.2) is 17.5 Å². The van der Waals surface area contributed by atoms with Crippen molar-refractivity contribution in [1.82, 2.24) is 0 Å². The summed E-state index contributed by atoms with van der Waals surface area (Å²) in [4.78, 5) is 0. The molecule has 0 aliphatic carbocycles. The Morgan fingerprint density at radius 3 is 1.14 bits per heavy atom. The molecule has 0 aliphatic heterocycles. The van der Waals surface area contributed by atoms with Crippen LogP contribution in [0.15, 0.2) is 0 Å². The van der Waals surface area contributed by atoms with E-state index in [1.807, 2.05) is 0 Å². The molecule has 0 atom stereocenters. The Balaban J connectivity index is -0.0000000800. The molecule has 7 heavy (non-hydrogen) atoms. The van der Waals surface area contributed by atoms with Crippen LogP contribution in [0.4, 0.5) is 0 Å². The van der Waals surface area contributed by atoms with Gasteiger partial charge in [0.15, 0.2) is 0 Å². The van der Waals surface area contributed by atoms with Gasteiger partial charge in [0.25, 0.3) is 0 Å². The van der Waals surface area contributed by atoms with Gasteiger partial charge in [0.1, 0.15) is 0 Å². The molecule has 0 aliphatic rings. The van der Waals surface area contributed by atoms with Crippen molar-refractivity contribution in [2.75, 3.05) is 0 Å². The summed E-state index contributed by atoms with van der Waals surface area (Å²) in [5.74, 6) is 0. The van der Waals surface area contributed by atoms with Crippen LogP contribution in [0.1, 0.15) is 0 Å². The summed E-state index contributed by atoms with van der Waals surface area (Å²) in [6, 6.07) is 0. The number of hydrogen-bond acceptors (Lipinski definition) is 4. The van der Waals surface area contributed by atoms with Gasteiger partial charge in [-0.05, 0) is 0 Å². The minimum atomic E-state index is -5.17. The van der Waals surface area contributed by atoms with E-state index in [0.717, 1.165) is 0 Å². The molecule has 0 saturated carbocycles. The largest absolute Gasteiger partial charge is 2.00 e. The van der Waals surface area contributed by atoms with E-state index in [4.69, 9.17) is 17.5 Å². The minimum absolute atomic E-state index is 0. The van der Waals surface area contributed by atoms with Gasteiger partial charge in [-0.25, -0.2) is 0 Å². The molecule has 0 fully saturated rings. The molecule has 4 nitrogen and oxygen atoms in total. The van der Waals surface area contributed by atoms with Gasteiger partial charge in [-0.1, -0.05) is 0 Å². The maximum Gasteiger partial charge on any atom is 2.00 e. The van der Waals surface area contributed by atoms with Crippen molar-refractivity contribution in [2.24, 2.45) is 0 Å². The average Bonchev–Trinajstić information content (AvgIpc) is 0.722. The minimum Gasteiger partial charge on any atom is -0.759 e. The monoisotopic (exact) mass is 222 g/mol. The molecule has 0 bridgehead atoms. The molecule has 0 N–H and O–H groups in total. The second-order valence-corrected chi connectivity index (χ2v) is 1.22. The number of hydrogen-bond donors (Lipinski definition) is 0. The van der Waals surface area contributed by atoms with E-state index >= 15 is 0 Å². The first kappa shape index (κ1) is 15.7. The van der Waals surface area contributed by atoms with Crippen LogP contribution < -0.4 is 0 Å². The van der Waals surface area contributed by atoms with Gasteiger partial charge in [0.05, 0.1) is 0 Å². The fraction of sp³-hybridized carbons (Fsp3) is 0. The van der Waals surface area contributed by atoms with E-state index in [2.05, 4.69) is 0 Å². The van der Waals surface area contributed by atoms with Crippen LogP contribution in [0, 0.1) is 0 Å². The average molecular weight is 223 g/mol. The zero-order valence-corrected chi connectivity index (χ0v) is 5.34. The molecule has 1 radical (unpaired) electrons. The Kier molecular flexibility index (Phi) is 11.3. The van der Waals surface area contributed by atoms with Gasteiger partial charge < -0.3 is 9.11 Å². The zero-order valence-electron chi connectivity index (χ0n) is 2.64. The van der Waals surface area contributed by atoms with Crippen molar-refractivity contribution in [1.29, 1.82) is 0 Å². The maximum atomic E-state index is 8.52. The Bertz CT molecular complexity index is 92.9. The SMILES string of the molecule is O=S(=O)([O-])[O-].[Cu+2].[Cu+]. The molecule has 0 aromatic heterocycles. The second-order valence-electron chi connectivity index (χ2n) is 0.408. The second kappa shape index (κ2) is 5.05. The standard InChI is InChI=1S/2Cu.H2O4S/c;;1-5(2,3)4/h;;(H2,1,2,3,4)/q+1;+2;/p-2. The number of rotatable bonds is 0. The molecular weight excluding hydrogens is 223 g/mol. The summed E-state index contributed by atoms with van der Waals surface area (Å²) in [7, 11) is -5.17. The Hall–Kier alpha value is 0.909. The van der Waals surface area contributed by atoms with Crippen molar-refractivity contribution in [3.05, 3.63) is 0 Å². The van der Waals surface area contributed by atoms with Crippen molar-refractivity contribution in [3.8, 4) is 0 Å². The van der Waals surface area contributed by atoms with Crippen LogP contribution >= 0.6 is 0 Å². The molecule has 0 heterocycles. The van der Waals surface area contributed by atoms with Crippen LogP contribution in [0.2, 0.25) is 0 Å². The van der Waals surface area contributed by atoms with Gasteiger partial charge in [-0.15, -0.1) is 0 Å². The summed E-state index contributed by atoms with van der Waals surface area (Å²) in [6.07, 6.45) is 0. The third-order valence-electron chi connectivity index (χ3n) is 0. The summed E-state index contributed by atoms with van der Waals surface area (Å²) >= 11 is 0. The maximum absolute atomic E-state index is 8.52. The zero-order chi connectivity index (χ0) is 4.50. The predicted octanol–water partition coefficient (Wildman–Crippen LogP) is -1.34. The molecule has 0 saturated heterocycles. The topological polar surface area (TPSA) is 80.3 Å². The molecule has 7 heteroatoms. The first-order valence-electron chi connectivity index (χ1n) is 0.667. The molecule has 0 rings (SSSR count). The molecule has 0 unspecified atom stereocenters. The molecular formula is Cu2O4S+. The normalized spacial score (nSPS) is 8.29. The first-order chi connectivity index (χ1) is 2.00. The van der Waals surface area contributed by atoms with Crippen LogP contribution in [0.3, 0.4) is 0 Å². The van der Waals surface area contributed by atoms with Gasteiger partial charge in [0, 0.05) is 10.4 Å². The van der Waals surface area contributed by atoms with E-state index in [1.165, 1.54) is 0 Å². The predicted molar refractivity (Wildman–Crippen MR) is 10.5 cm³/mol. The third kappa shape index (κ3) is 202. The molecule has 0 aromatic carbocycles. The van der Waals surface area contributed by atoms with Crippen LogP contribution in [0.5, 0.6) is 0 Å². The molecule has 51 valence electrons. The molecule has 0 spiro atoms. The van der Waals surface area contributed by atoms with Crippen molar-refractivity contribution >= 4 is 10.4 Å². The fourth-order valence-corrected chi connectivity index (χ4v) is 0. The summed E-state index contributed by atoms with van der Waals surface area (Å²) < 4.78 is 34.1. The van der Waals surface area contributed by atoms with Crippen molar-refractivity contribution in [2.45, 2.75) is 0 Å². The fourth-order valence-electron chi connectivity index (χ4n) is 0. The van der Waals surface area contributed by atoms with E-state index in [9.17, 15) is 0 Å². The first-order valence-corrected chi connectivity index (χ1v) is 2.00. The summed E-state index contributed by atoms with van der Waals surface area (Å²) in [6.45, 7) is 0. The van der Waals surface area contributed by atoms with E-state index in [-0.39, 0.29) is 34.1 Å². The van der Waals surface area contributed by atoms with Crippen molar-refractivity contribution < 1.29 is 51.7 Å². The van der Waals surface area contributed by atoms with Gasteiger partial charge in [0.2, 0.25) is 0 Å².